The van der Waals surface area contributed by atoms with E-state index in [4.69, 9.17) is 33.7 Å². The maximum Gasteiger partial charge on any atom is 0.225 e. The van der Waals surface area contributed by atoms with Gasteiger partial charge in [0.2, 0.25) is 11.8 Å². The number of nitrogens with zero attached hydrogens (tertiary/aromatic N) is 2. The Morgan fingerprint density at radius 2 is 1.70 bits per heavy atom. The minimum Gasteiger partial charge on any atom is -0.438 e. The van der Waals surface area contributed by atoms with Gasteiger partial charge < -0.3 is 10.5 Å². The lowest BCUT2D eigenvalue weighted by atomic mass is 10.1. The van der Waals surface area contributed by atoms with Crippen molar-refractivity contribution in [2.45, 2.75) is 0 Å². The first-order valence-electron chi connectivity index (χ1n) is 5.78. The van der Waals surface area contributed by atoms with Gasteiger partial charge in [-0.3, -0.25) is 0 Å². The van der Waals surface area contributed by atoms with Gasteiger partial charge in [-0.15, -0.1) is 0 Å². The van der Waals surface area contributed by atoms with Crippen molar-refractivity contribution < 1.29 is 4.74 Å². The Morgan fingerprint density at radius 1 is 0.950 bits per heavy atom. The number of hydrogen-bond acceptors (Lipinski definition) is 4. The molecule has 0 bridgehead atoms. The number of anilines is 1. The zero-order chi connectivity index (χ0) is 14.1. The van der Waals surface area contributed by atoms with Gasteiger partial charge in [-0.25, -0.2) is 4.98 Å². The molecule has 0 saturated heterocycles. The van der Waals surface area contributed by atoms with Crippen LogP contribution in [0, 0.1) is 0 Å². The molecule has 0 atom stereocenters. The molecule has 0 saturated carbocycles. The van der Waals surface area contributed by atoms with Gasteiger partial charge in [0, 0.05) is 21.9 Å². The fourth-order valence-electron chi connectivity index (χ4n) is 1.90. The molecule has 1 heterocycles. The fourth-order valence-corrected chi connectivity index (χ4v) is 2.31. The second-order valence-corrected chi connectivity index (χ2v) is 4.87. The van der Waals surface area contributed by atoms with Crippen molar-refractivity contribution in [2.24, 2.45) is 0 Å². The number of aromatic nitrogens is 2. The minimum absolute atomic E-state index is 0.0609. The number of nitrogen functional groups attached to an aromatic ring is 1. The highest BCUT2D eigenvalue weighted by Crippen LogP contribution is 2.33. The lowest BCUT2D eigenvalue weighted by Crippen LogP contribution is -1.97. The van der Waals surface area contributed by atoms with Gasteiger partial charge in [0.15, 0.2) is 0 Å². The third kappa shape index (κ3) is 2.48. The lowest BCUT2D eigenvalue weighted by molar-refractivity contribution is 0.468. The summed E-state index contributed by atoms with van der Waals surface area (Å²) >= 11 is 12.0. The molecule has 4 nitrogen and oxygen atoms in total. The summed E-state index contributed by atoms with van der Waals surface area (Å²) in [6.45, 7) is 0. The summed E-state index contributed by atoms with van der Waals surface area (Å²) in [4.78, 5) is 7.77. The highest BCUT2D eigenvalue weighted by atomic mass is 35.5. The topological polar surface area (TPSA) is 61.0 Å². The van der Waals surface area contributed by atoms with Crippen LogP contribution < -0.4 is 10.5 Å². The van der Waals surface area contributed by atoms with E-state index in [1.54, 1.807) is 12.1 Å². The van der Waals surface area contributed by atoms with Crippen molar-refractivity contribution in [1.82, 2.24) is 9.97 Å². The lowest BCUT2D eigenvalue weighted by Gasteiger charge is -2.09. The van der Waals surface area contributed by atoms with E-state index in [0.717, 1.165) is 10.8 Å². The van der Waals surface area contributed by atoms with E-state index in [1.807, 2.05) is 24.3 Å². The predicted octanol–water partition coefficient (Wildman–Crippen LogP) is 4.31. The Hall–Kier alpha value is -2.04. The van der Waals surface area contributed by atoms with Crippen LogP contribution in [0.2, 0.25) is 10.2 Å². The van der Waals surface area contributed by atoms with Gasteiger partial charge >= 0.3 is 0 Å². The Morgan fingerprint density at radius 3 is 2.45 bits per heavy atom. The number of ether oxygens (including phenoxy) is 1. The third-order valence-electron chi connectivity index (χ3n) is 2.73. The summed E-state index contributed by atoms with van der Waals surface area (Å²) in [7, 11) is 0. The highest BCUT2D eigenvalue weighted by Gasteiger charge is 2.08. The van der Waals surface area contributed by atoms with E-state index >= 15 is 0 Å². The number of benzene rings is 2. The summed E-state index contributed by atoms with van der Waals surface area (Å²) < 4.78 is 5.73. The normalized spacial score (nSPS) is 10.7. The molecule has 2 N–H and O–H groups in total. The van der Waals surface area contributed by atoms with Crippen LogP contribution in [0.25, 0.3) is 10.8 Å². The first-order valence-corrected chi connectivity index (χ1v) is 6.54. The molecule has 6 heteroatoms. The number of halogens is 2. The van der Waals surface area contributed by atoms with Crippen LogP contribution in [0.3, 0.4) is 0 Å². The van der Waals surface area contributed by atoms with E-state index in [-0.39, 0.29) is 17.0 Å². The molecule has 0 unspecified atom stereocenters. The molecule has 2 aromatic carbocycles. The Kier molecular flexibility index (Phi) is 3.34. The van der Waals surface area contributed by atoms with Crippen LogP contribution in [0.4, 0.5) is 5.95 Å². The predicted molar refractivity (Wildman–Crippen MR) is 80.5 cm³/mol. The first-order chi connectivity index (χ1) is 9.63. The maximum atomic E-state index is 6.16. The molecule has 100 valence electrons. The first kappa shape index (κ1) is 13.0. The Bertz CT molecular complexity index is 772. The summed E-state index contributed by atoms with van der Waals surface area (Å²) in [6, 6.07) is 12.7. The Balaban J connectivity index is 2.09. The summed E-state index contributed by atoms with van der Waals surface area (Å²) in [5, 5.41) is 2.67. The average Bonchev–Trinajstić information content (AvgIpc) is 2.41. The van der Waals surface area contributed by atoms with E-state index < -0.39 is 0 Å². The van der Waals surface area contributed by atoms with Crippen LogP contribution in [0.5, 0.6) is 11.6 Å². The van der Waals surface area contributed by atoms with Gasteiger partial charge in [-0.05, 0) is 12.1 Å². The smallest absolute Gasteiger partial charge is 0.225 e. The van der Waals surface area contributed by atoms with Gasteiger partial charge in [0.05, 0.1) is 0 Å². The molecular formula is C14H9Cl2N3O. The third-order valence-corrected chi connectivity index (χ3v) is 3.26. The Labute approximate surface area is 125 Å². The minimum atomic E-state index is 0.0609. The van der Waals surface area contributed by atoms with Crippen molar-refractivity contribution in [3.05, 3.63) is 52.6 Å². The molecule has 0 aliphatic rings. The van der Waals surface area contributed by atoms with Crippen molar-refractivity contribution in [2.75, 3.05) is 5.73 Å². The molecule has 0 radical (unpaired) electrons. The van der Waals surface area contributed by atoms with Crippen LogP contribution in [-0.4, -0.2) is 9.97 Å². The standard InChI is InChI=1S/C14H9Cl2N3O/c15-10-5-6-11(9-4-2-1-3-8(9)10)20-13-7-12(16)18-14(17)19-13/h1-7H,(H2,17,18,19). The van der Waals surface area contributed by atoms with Crippen LogP contribution in [0.15, 0.2) is 42.5 Å². The largest absolute Gasteiger partial charge is 0.438 e. The number of rotatable bonds is 2. The monoisotopic (exact) mass is 305 g/mol. The average molecular weight is 306 g/mol. The number of hydrogen-bond donors (Lipinski definition) is 1. The van der Waals surface area contributed by atoms with Crippen molar-refractivity contribution in [1.29, 1.82) is 0 Å². The molecule has 0 aliphatic carbocycles. The molecular weight excluding hydrogens is 297 g/mol. The van der Waals surface area contributed by atoms with Crippen LogP contribution in [-0.2, 0) is 0 Å². The second kappa shape index (κ2) is 5.15. The van der Waals surface area contributed by atoms with E-state index in [1.165, 1.54) is 6.07 Å². The molecule has 1 aromatic heterocycles. The fraction of sp³-hybridized carbons (Fsp3) is 0. The summed E-state index contributed by atoms with van der Waals surface area (Å²) in [5.41, 5.74) is 5.54. The summed E-state index contributed by atoms with van der Waals surface area (Å²) in [6.07, 6.45) is 0. The van der Waals surface area contributed by atoms with Crippen molar-refractivity contribution in [3.8, 4) is 11.6 Å². The molecule has 0 amide bonds. The molecule has 0 fully saturated rings. The number of fused-ring (bicyclic) bond motifs is 1. The van der Waals surface area contributed by atoms with Gasteiger partial charge in [0.1, 0.15) is 10.9 Å². The zero-order valence-electron chi connectivity index (χ0n) is 10.2. The van der Waals surface area contributed by atoms with Gasteiger partial charge in [0.25, 0.3) is 0 Å². The molecule has 0 spiro atoms. The van der Waals surface area contributed by atoms with E-state index in [9.17, 15) is 0 Å². The van der Waals surface area contributed by atoms with Crippen LogP contribution in [0.1, 0.15) is 0 Å². The van der Waals surface area contributed by atoms with Crippen molar-refractivity contribution >= 4 is 39.9 Å². The molecule has 20 heavy (non-hydrogen) atoms. The molecule has 3 rings (SSSR count). The van der Waals surface area contributed by atoms with E-state index in [0.29, 0.717) is 10.8 Å². The zero-order valence-corrected chi connectivity index (χ0v) is 11.7. The van der Waals surface area contributed by atoms with Gasteiger partial charge in [-0.2, -0.15) is 4.98 Å². The second-order valence-electron chi connectivity index (χ2n) is 4.08. The summed E-state index contributed by atoms with van der Waals surface area (Å²) in [5.74, 6) is 0.972. The number of nitrogens with two attached hydrogens (primary N) is 1. The van der Waals surface area contributed by atoms with Crippen LogP contribution >= 0.6 is 23.2 Å². The maximum absolute atomic E-state index is 6.16. The van der Waals surface area contributed by atoms with Gasteiger partial charge in [-0.1, -0.05) is 47.5 Å². The highest BCUT2D eigenvalue weighted by molar-refractivity contribution is 6.35. The van der Waals surface area contributed by atoms with E-state index in [2.05, 4.69) is 9.97 Å². The van der Waals surface area contributed by atoms with Crippen molar-refractivity contribution in [3.63, 3.8) is 0 Å². The molecule has 3 aromatic rings. The molecule has 0 aliphatic heterocycles. The SMILES string of the molecule is Nc1nc(Cl)cc(Oc2ccc(Cl)c3ccccc23)n1. The quantitative estimate of drug-likeness (QED) is 0.717.